The van der Waals surface area contributed by atoms with E-state index in [0.717, 1.165) is 25.7 Å². The van der Waals surface area contributed by atoms with Crippen LogP contribution in [0.3, 0.4) is 0 Å². The summed E-state index contributed by atoms with van der Waals surface area (Å²) in [6, 6.07) is -1.17. The predicted octanol–water partition coefficient (Wildman–Crippen LogP) is 0.949. The summed E-state index contributed by atoms with van der Waals surface area (Å²) in [5, 5.41) is 13.9. The van der Waals surface area contributed by atoms with Crippen molar-refractivity contribution in [3.63, 3.8) is 0 Å². The monoisotopic (exact) mass is 214 g/mol. The van der Waals surface area contributed by atoms with Crippen molar-refractivity contribution in [1.29, 1.82) is 0 Å². The van der Waals surface area contributed by atoms with Crippen molar-refractivity contribution in [2.24, 2.45) is 5.92 Å². The van der Waals surface area contributed by atoms with Crippen molar-refractivity contribution in [1.82, 2.24) is 10.6 Å². The van der Waals surface area contributed by atoms with Gasteiger partial charge < -0.3 is 15.7 Å². The molecule has 0 aromatic heterocycles. The van der Waals surface area contributed by atoms with Crippen molar-refractivity contribution in [3.8, 4) is 0 Å². The van der Waals surface area contributed by atoms with E-state index in [1.807, 2.05) is 0 Å². The van der Waals surface area contributed by atoms with Crippen LogP contribution in [0.4, 0.5) is 4.79 Å². The van der Waals surface area contributed by atoms with Gasteiger partial charge in [0.15, 0.2) is 0 Å². The third-order valence-electron chi connectivity index (χ3n) is 2.90. The molecule has 86 valence electrons. The molecule has 5 nitrogen and oxygen atoms in total. The maximum Gasteiger partial charge on any atom is 0.326 e. The Balaban J connectivity index is 2.55. The normalized spacial score (nSPS) is 19.3. The smallest absolute Gasteiger partial charge is 0.326 e. The summed E-state index contributed by atoms with van der Waals surface area (Å²) in [5.74, 6) is -0.862. The van der Waals surface area contributed by atoms with Crippen molar-refractivity contribution in [2.45, 2.75) is 38.1 Å². The lowest BCUT2D eigenvalue weighted by atomic mass is 9.84. The van der Waals surface area contributed by atoms with Crippen LogP contribution in [0, 0.1) is 5.92 Å². The van der Waals surface area contributed by atoms with E-state index in [2.05, 4.69) is 10.6 Å². The highest BCUT2D eigenvalue weighted by Crippen LogP contribution is 2.26. The van der Waals surface area contributed by atoms with Gasteiger partial charge in [-0.2, -0.15) is 0 Å². The maximum absolute atomic E-state index is 11.1. The first-order valence-corrected chi connectivity index (χ1v) is 5.36. The number of carbonyl (C=O) groups excluding carboxylic acids is 1. The molecule has 1 aliphatic rings. The number of urea groups is 1. The second-order valence-electron chi connectivity index (χ2n) is 3.94. The van der Waals surface area contributed by atoms with Gasteiger partial charge in [0.05, 0.1) is 0 Å². The van der Waals surface area contributed by atoms with Crippen molar-refractivity contribution < 1.29 is 14.7 Å². The highest BCUT2D eigenvalue weighted by atomic mass is 16.4. The van der Waals surface area contributed by atoms with Gasteiger partial charge >= 0.3 is 12.0 Å². The molecule has 0 heterocycles. The molecule has 3 N–H and O–H groups in total. The number of aliphatic carboxylic acids is 1. The van der Waals surface area contributed by atoms with Crippen LogP contribution in [0.1, 0.15) is 32.1 Å². The quantitative estimate of drug-likeness (QED) is 0.654. The molecule has 0 bridgehead atoms. The molecule has 0 aromatic rings. The molecule has 0 saturated heterocycles. The summed E-state index contributed by atoms with van der Waals surface area (Å²) >= 11 is 0. The Hall–Kier alpha value is -1.26. The minimum atomic E-state index is -0.939. The van der Waals surface area contributed by atoms with E-state index < -0.39 is 18.0 Å². The summed E-state index contributed by atoms with van der Waals surface area (Å²) < 4.78 is 0. The van der Waals surface area contributed by atoms with E-state index >= 15 is 0 Å². The summed E-state index contributed by atoms with van der Waals surface area (Å²) in [7, 11) is 1.48. The zero-order valence-electron chi connectivity index (χ0n) is 8.95. The molecule has 5 heteroatoms. The molecule has 2 amide bonds. The van der Waals surface area contributed by atoms with E-state index in [1.54, 1.807) is 0 Å². The number of rotatable bonds is 3. The molecule has 1 aliphatic carbocycles. The van der Waals surface area contributed by atoms with Crippen LogP contribution in [0.15, 0.2) is 0 Å². The standard InChI is InChI=1S/C10H18N2O3/c1-11-10(15)12-8(9(13)14)7-5-3-2-4-6-7/h7-8H,2-6H2,1H3,(H,13,14)(H2,11,12,15). The summed E-state index contributed by atoms with van der Waals surface area (Å²) in [6.45, 7) is 0. The number of amides is 2. The Morgan fingerprint density at radius 1 is 1.27 bits per heavy atom. The highest BCUT2D eigenvalue weighted by Gasteiger charge is 2.30. The fourth-order valence-electron chi connectivity index (χ4n) is 2.06. The van der Waals surface area contributed by atoms with Crippen molar-refractivity contribution in [3.05, 3.63) is 0 Å². The van der Waals surface area contributed by atoms with Gasteiger partial charge in [0.25, 0.3) is 0 Å². The van der Waals surface area contributed by atoms with Crippen LogP contribution in [-0.2, 0) is 4.79 Å². The fraction of sp³-hybridized carbons (Fsp3) is 0.800. The number of carboxylic acid groups (broad SMARTS) is 1. The lowest BCUT2D eigenvalue weighted by molar-refractivity contribution is -0.141. The Kier molecular flexibility index (Phi) is 4.39. The summed E-state index contributed by atoms with van der Waals surface area (Å²) in [6.07, 6.45) is 5.07. The Bertz CT molecular complexity index is 237. The van der Waals surface area contributed by atoms with E-state index in [1.165, 1.54) is 13.5 Å². The second-order valence-corrected chi connectivity index (χ2v) is 3.94. The summed E-state index contributed by atoms with van der Waals surface area (Å²) in [5.41, 5.74) is 0. The molecule has 0 radical (unpaired) electrons. The average Bonchev–Trinajstić information content (AvgIpc) is 2.26. The lowest BCUT2D eigenvalue weighted by Gasteiger charge is -2.27. The van der Waals surface area contributed by atoms with Gasteiger partial charge in [-0.3, -0.25) is 0 Å². The van der Waals surface area contributed by atoms with Gasteiger partial charge in [-0.25, -0.2) is 9.59 Å². The van der Waals surface area contributed by atoms with Gasteiger partial charge in [-0.1, -0.05) is 19.3 Å². The number of carboxylic acids is 1. The number of nitrogens with one attached hydrogen (secondary N) is 2. The molecule has 1 fully saturated rings. The first kappa shape index (κ1) is 11.8. The molecule has 1 unspecified atom stereocenters. The lowest BCUT2D eigenvalue weighted by Crippen LogP contribution is -2.49. The van der Waals surface area contributed by atoms with Crippen LogP contribution < -0.4 is 10.6 Å². The molecule has 0 spiro atoms. The largest absolute Gasteiger partial charge is 0.480 e. The van der Waals surface area contributed by atoms with Crippen LogP contribution in [0.2, 0.25) is 0 Å². The molecule has 15 heavy (non-hydrogen) atoms. The third kappa shape index (κ3) is 3.42. The van der Waals surface area contributed by atoms with E-state index in [4.69, 9.17) is 5.11 Å². The maximum atomic E-state index is 11.1. The first-order valence-electron chi connectivity index (χ1n) is 5.36. The minimum Gasteiger partial charge on any atom is -0.480 e. The second kappa shape index (κ2) is 5.58. The Morgan fingerprint density at radius 2 is 1.87 bits per heavy atom. The molecule has 0 aliphatic heterocycles. The number of hydrogen-bond acceptors (Lipinski definition) is 2. The van der Waals surface area contributed by atoms with Crippen LogP contribution in [-0.4, -0.2) is 30.2 Å². The molecule has 1 saturated carbocycles. The molecule has 0 aromatic carbocycles. The summed E-state index contributed by atoms with van der Waals surface area (Å²) in [4.78, 5) is 22.1. The SMILES string of the molecule is CNC(=O)NC(C(=O)O)C1CCCCC1. The third-order valence-corrected chi connectivity index (χ3v) is 2.90. The van der Waals surface area contributed by atoms with Gasteiger partial charge in [0.1, 0.15) is 6.04 Å². The van der Waals surface area contributed by atoms with E-state index in [9.17, 15) is 9.59 Å². The molecular weight excluding hydrogens is 196 g/mol. The van der Waals surface area contributed by atoms with Crippen LogP contribution >= 0.6 is 0 Å². The predicted molar refractivity (Wildman–Crippen MR) is 55.6 cm³/mol. The Labute approximate surface area is 89.2 Å². The number of hydrogen-bond donors (Lipinski definition) is 3. The average molecular weight is 214 g/mol. The molecule has 1 rings (SSSR count). The van der Waals surface area contributed by atoms with Crippen LogP contribution in [0.25, 0.3) is 0 Å². The molecule has 1 atom stereocenters. The van der Waals surface area contributed by atoms with E-state index in [0.29, 0.717) is 0 Å². The van der Waals surface area contributed by atoms with E-state index in [-0.39, 0.29) is 5.92 Å². The zero-order chi connectivity index (χ0) is 11.3. The number of carbonyl (C=O) groups is 2. The van der Waals surface area contributed by atoms with Gasteiger partial charge in [0, 0.05) is 7.05 Å². The van der Waals surface area contributed by atoms with Gasteiger partial charge in [-0.05, 0) is 18.8 Å². The fourth-order valence-corrected chi connectivity index (χ4v) is 2.06. The zero-order valence-corrected chi connectivity index (χ0v) is 8.95. The first-order chi connectivity index (χ1) is 7.15. The van der Waals surface area contributed by atoms with Gasteiger partial charge in [-0.15, -0.1) is 0 Å². The Morgan fingerprint density at radius 3 is 2.33 bits per heavy atom. The topological polar surface area (TPSA) is 78.4 Å². The van der Waals surface area contributed by atoms with Crippen molar-refractivity contribution >= 4 is 12.0 Å². The van der Waals surface area contributed by atoms with Gasteiger partial charge in [0.2, 0.25) is 0 Å². The highest BCUT2D eigenvalue weighted by molar-refractivity contribution is 5.82. The molecular formula is C10H18N2O3. The minimum absolute atomic E-state index is 0.0774. The van der Waals surface area contributed by atoms with Crippen LogP contribution in [0.5, 0.6) is 0 Å². The van der Waals surface area contributed by atoms with Crippen molar-refractivity contribution in [2.75, 3.05) is 7.05 Å².